The molecule has 1 unspecified atom stereocenters. The van der Waals surface area contributed by atoms with Gasteiger partial charge in [0.15, 0.2) is 0 Å². The minimum atomic E-state index is 0.0565. The number of carbonyl (C=O) groups excluding carboxylic acids is 2. The molecule has 1 aliphatic rings. The second kappa shape index (κ2) is 11.0. The lowest BCUT2D eigenvalue weighted by Crippen LogP contribution is -2.46. The smallest absolute Gasteiger partial charge is 0.256 e. The Morgan fingerprint density at radius 2 is 1.68 bits per heavy atom. The molecule has 2 amide bonds. The predicted octanol–water partition coefficient (Wildman–Crippen LogP) is 4.48. The maximum Gasteiger partial charge on any atom is 0.256 e. The van der Waals surface area contributed by atoms with Crippen LogP contribution in [0.5, 0.6) is 0 Å². The van der Waals surface area contributed by atoms with Gasteiger partial charge in [-0.05, 0) is 43.9 Å². The Morgan fingerprint density at radius 3 is 2.32 bits per heavy atom. The summed E-state index contributed by atoms with van der Waals surface area (Å²) in [7, 11) is 0. The van der Waals surface area contributed by atoms with Gasteiger partial charge in [0.05, 0.1) is 5.56 Å². The van der Waals surface area contributed by atoms with Crippen molar-refractivity contribution in [1.29, 1.82) is 0 Å². The van der Waals surface area contributed by atoms with Crippen molar-refractivity contribution in [2.75, 3.05) is 24.5 Å². The Hall–Kier alpha value is -2.82. The number of anilines is 1. The highest BCUT2D eigenvalue weighted by atomic mass is 16.2. The van der Waals surface area contributed by atoms with Gasteiger partial charge in [-0.2, -0.15) is 0 Å². The fourth-order valence-corrected chi connectivity index (χ4v) is 4.03. The molecule has 0 radical (unpaired) electrons. The lowest BCUT2D eigenvalue weighted by molar-refractivity contribution is -0.125. The molecule has 1 fully saturated rings. The first kappa shape index (κ1) is 22.9. The van der Waals surface area contributed by atoms with Crippen LogP contribution in [-0.2, 0) is 11.3 Å². The number of rotatable bonds is 8. The minimum Gasteiger partial charge on any atom is -0.371 e. The lowest BCUT2D eigenvalue weighted by Gasteiger charge is -2.35. The Balaban J connectivity index is 1.68. The summed E-state index contributed by atoms with van der Waals surface area (Å²) in [6.45, 7) is 8.97. The first-order valence-electron chi connectivity index (χ1n) is 11.5. The Bertz CT molecular complexity index is 860. The zero-order valence-corrected chi connectivity index (χ0v) is 19.0. The summed E-state index contributed by atoms with van der Waals surface area (Å²) < 4.78 is 0. The van der Waals surface area contributed by atoms with Crippen molar-refractivity contribution in [2.45, 2.75) is 52.6 Å². The molecule has 1 saturated heterocycles. The topological polar surface area (TPSA) is 52.7 Å². The van der Waals surface area contributed by atoms with Crippen molar-refractivity contribution in [3.05, 3.63) is 65.7 Å². The average molecular weight is 422 g/mol. The number of amides is 2. The van der Waals surface area contributed by atoms with Crippen molar-refractivity contribution in [3.63, 3.8) is 0 Å². The van der Waals surface area contributed by atoms with E-state index >= 15 is 0 Å². The fourth-order valence-electron chi connectivity index (χ4n) is 4.03. The number of nitrogens with one attached hydrogen (secondary N) is 1. The second-order valence-corrected chi connectivity index (χ2v) is 8.40. The van der Waals surface area contributed by atoms with Crippen LogP contribution in [-0.4, -0.2) is 42.4 Å². The van der Waals surface area contributed by atoms with Gasteiger partial charge in [0.1, 0.15) is 0 Å². The van der Waals surface area contributed by atoms with E-state index in [1.54, 1.807) is 0 Å². The molecule has 5 heteroatoms. The van der Waals surface area contributed by atoms with Crippen molar-refractivity contribution >= 4 is 17.5 Å². The molecule has 1 atom stereocenters. The quantitative estimate of drug-likeness (QED) is 0.684. The number of benzene rings is 2. The third kappa shape index (κ3) is 5.87. The Labute approximate surface area is 186 Å². The van der Waals surface area contributed by atoms with Gasteiger partial charge in [-0.1, -0.05) is 56.3 Å². The maximum atomic E-state index is 13.4. The van der Waals surface area contributed by atoms with Crippen LogP contribution in [0.3, 0.4) is 0 Å². The zero-order chi connectivity index (χ0) is 22.2. The predicted molar refractivity (Wildman–Crippen MR) is 126 cm³/mol. The molecule has 0 bridgehead atoms. The standard InChI is InChI=1S/C26H35N3O2/c1-4-20(3)25(30)27-22-15-17-29(18-16-22)24-14-10-9-13-23(24)26(31)28(5-2)19-21-11-7-6-8-12-21/h6-14,20,22H,4-5,15-19H2,1-3H3,(H,27,30). The highest BCUT2D eigenvalue weighted by molar-refractivity contribution is 5.99. The van der Waals surface area contributed by atoms with Crippen LogP contribution >= 0.6 is 0 Å². The van der Waals surface area contributed by atoms with Gasteiger partial charge in [0.25, 0.3) is 5.91 Å². The number of hydrogen-bond donors (Lipinski definition) is 1. The molecule has 5 nitrogen and oxygen atoms in total. The van der Waals surface area contributed by atoms with Crippen LogP contribution in [0.15, 0.2) is 54.6 Å². The summed E-state index contributed by atoms with van der Waals surface area (Å²) in [5.41, 5.74) is 2.88. The first-order valence-corrected chi connectivity index (χ1v) is 11.5. The molecule has 0 saturated carbocycles. The van der Waals surface area contributed by atoms with Crippen LogP contribution in [0.2, 0.25) is 0 Å². The van der Waals surface area contributed by atoms with E-state index in [0.29, 0.717) is 13.1 Å². The van der Waals surface area contributed by atoms with Crippen LogP contribution < -0.4 is 10.2 Å². The monoisotopic (exact) mass is 421 g/mol. The summed E-state index contributed by atoms with van der Waals surface area (Å²) in [6.07, 6.45) is 2.65. The molecule has 1 N–H and O–H groups in total. The van der Waals surface area contributed by atoms with E-state index in [2.05, 4.69) is 22.3 Å². The molecule has 1 heterocycles. The van der Waals surface area contributed by atoms with Crippen molar-refractivity contribution in [1.82, 2.24) is 10.2 Å². The molecule has 2 aromatic rings. The van der Waals surface area contributed by atoms with Crippen LogP contribution in [0.4, 0.5) is 5.69 Å². The van der Waals surface area contributed by atoms with Gasteiger partial charge in [-0.25, -0.2) is 0 Å². The highest BCUT2D eigenvalue weighted by Crippen LogP contribution is 2.26. The van der Waals surface area contributed by atoms with E-state index < -0.39 is 0 Å². The number of carbonyl (C=O) groups is 2. The third-order valence-corrected chi connectivity index (χ3v) is 6.26. The van der Waals surface area contributed by atoms with Crippen LogP contribution in [0, 0.1) is 5.92 Å². The van der Waals surface area contributed by atoms with E-state index in [9.17, 15) is 9.59 Å². The molecule has 166 valence electrons. The van der Waals surface area contributed by atoms with Crippen LogP contribution in [0.1, 0.15) is 56.0 Å². The number of nitrogens with zero attached hydrogens (tertiary/aromatic N) is 2. The zero-order valence-electron chi connectivity index (χ0n) is 19.0. The largest absolute Gasteiger partial charge is 0.371 e. The molecule has 0 aromatic heterocycles. The number of para-hydroxylation sites is 1. The third-order valence-electron chi connectivity index (χ3n) is 6.26. The van der Waals surface area contributed by atoms with Crippen molar-refractivity contribution in [2.24, 2.45) is 5.92 Å². The van der Waals surface area contributed by atoms with Gasteiger partial charge in [-0.15, -0.1) is 0 Å². The molecule has 2 aromatic carbocycles. The highest BCUT2D eigenvalue weighted by Gasteiger charge is 2.26. The molecule has 0 aliphatic carbocycles. The normalized spacial score (nSPS) is 15.4. The lowest BCUT2D eigenvalue weighted by atomic mass is 10.0. The van der Waals surface area contributed by atoms with Gasteiger partial charge in [0.2, 0.25) is 5.91 Å². The summed E-state index contributed by atoms with van der Waals surface area (Å²) in [5, 5.41) is 3.19. The van der Waals surface area contributed by atoms with E-state index in [4.69, 9.17) is 0 Å². The molecule has 1 aliphatic heterocycles. The van der Waals surface area contributed by atoms with Gasteiger partial charge in [0, 0.05) is 43.8 Å². The summed E-state index contributed by atoms with van der Waals surface area (Å²) in [6, 6.07) is 18.2. The minimum absolute atomic E-state index is 0.0565. The molecule has 3 rings (SSSR count). The van der Waals surface area contributed by atoms with E-state index in [-0.39, 0.29) is 23.8 Å². The fraction of sp³-hybridized carbons (Fsp3) is 0.462. The molecule has 0 spiro atoms. The molecule has 31 heavy (non-hydrogen) atoms. The van der Waals surface area contributed by atoms with Crippen LogP contribution in [0.25, 0.3) is 0 Å². The van der Waals surface area contributed by atoms with E-state index in [1.807, 2.05) is 68.1 Å². The molecular formula is C26H35N3O2. The second-order valence-electron chi connectivity index (χ2n) is 8.40. The van der Waals surface area contributed by atoms with Gasteiger partial charge >= 0.3 is 0 Å². The Kier molecular flexibility index (Phi) is 8.10. The SMILES string of the molecule is CCC(C)C(=O)NC1CCN(c2ccccc2C(=O)N(CC)Cc2ccccc2)CC1. The number of hydrogen-bond acceptors (Lipinski definition) is 3. The Morgan fingerprint density at radius 1 is 1.03 bits per heavy atom. The average Bonchev–Trinajstić information content (AvgIpc) is 2.82. The molecular weight excluding hydrogens is 386 g/mol. The summed E-state index contributed by atoms with van der Waals surface area (Å²) in [4.78, 5) is 29.8. The number of piperidine rings is 1. The van der Waals surface area contributed by atoms with E-state index in [1.165, 1.54) is 0 Å². The van der Waals surface area contributed by atoms with Crippen molar-refractivity contribution < 1.29 is 9.59 Å². The maximum absolute atomic E-state index is 13.4. The van der Waals surface area contributed by atoms with Gasteiger partial charge in [-0.3, -0.25) is 9.59 Å². The van der Waals surface area contributed by atoms with E-state index in [0.717, 1.165) is 49.2 Å². The first-order chi connectivity index (χ1) is 15.0. The summed E-state index contributed by atoms with van der Waals surface area (Å²) >= 11 is 0. The van der Waals surface area contributed by atoms with Gasteiger partial charge < -0.3 is 15.1 Å². The summed E-state index contributed by atoms with van der Waals surface area (Å²) in [5.74, 6) is 0.270. The van der Waals surface area contributed by atoms with Crippen molar-refractivity contribution in [3.8, 4) is 0 Å².